The van der Waals surface area contributed by atoms with Gasteiger partial charge in [-0.2, -0.15) is 0 Å². The first kappa shape index (κ1) is 14.8. The number of H-pyrrole nitrogens is 1. The molecule has 0 atom stereocenters. The van der Waals surface area contributed by atoms with E-state index < -0.39 is 11.5 Å². The van der Waals surface area contributed by atoms with E-state index >= 15 is 0 Å². The maximum Gasteiger partial charge on any atom is 0.260 e. The average molecular weight is 309 g/mol. The minimum Gasteiger partial charge on any atom is -0.356 e. The summed E-state index contributed by atoms with van der Waals surface area (Å²) in [6, 6.07) is 12.7. The van der Waals surface area contributed by atoms with Gasteiger partial charge in [-0.25, -0.2) is 0 Å². The highest BCUT2D eigenvalue weighted by molar-refractivity contribution is 5.93. The van der Waals surface area contributed by atoms with Crippen LogP contribution in [0.15, 0.2) is 58.0 Å². The highest BCUT2D eigenvalue weighted by Gasteiger charge is 2.11. The minimum absolute atomic E-state index is 0.0646. The number of aryl methyl sites for hydroxylation is 1. The van der Waals surface area contributed by atoms with Crippen LogP contribution in [0.3, 0.4) is 0 Å². The molecule has 0 aliphatic heterocycles. The molecule has 23 heavy (non-hydrogen) atoms. The van der Waals surface area contributed by atoms with Gasteiger partial charge in [-0.1, -0.05) is 35.0 Å². The number of hydrogen-bond acceptors (Lipinski definition) is 4. The van der Waals surface area contributed by atoms with Crippen molar-refractivity contribution in [1.29, 1.82) is 0 Å². The molecule has 0 radical (unpaired) electrons. The lowest BCUT2D eigenvalue weighted by Gasteiger charge is -2.01. The lowest BCUT2D eigenvalue weighted by Crippen LogP contribution is -2.28. The number of carbonyl (C=O) groups excluding carboxylic acids is 1. The quantitative estimate of drug-likeness (QED) is 0.774. The summed E-state index contributed by atoms with van der Waals surface area (Å²) in [6.45, 7) is 2.19. The van der Waals surface area contributed by atoms with Crippen LogP contribution in [0.2, 0.25) is 0 Å². The number of aromatic amines is 1. The third kappa shape index (κ3) is 3.37. The van der Waals surface area contributed by atoms with Crippen LogP contribution in [0.5, 0.6) is 0 Å². The monoisotopic (exact) mass is 309 g/mol. The smallest absolute Gasteiger partial charge is 0.260 e. The van der Waals surface area contributed by atoms with Crippen molar-refractivity contribution in [2.24, 2.45) is 0 Å². The highest BCUT2D eigenvalue weighted by atomic mass is 16.5. The molecule has 0 saturated heterocycles. The summed E-state index contributed by atoms with van der Waals surface area (Å²) in [5.41, 5.74) is 2.30. The van der Waals surface area contributed by atoms with Crippen LogP contribution in [0.4, 0.5) is 0 Å². The van der Waals surface area contributed by atoms with E-state index in [4.69, 9.17) is 4.52 Å². The topological polar surface area (TPSA) is 88.0 Å². The molecule has 0 bridgehead atoms. The first-order valence-corrected chi connectivity index (χ1v) is 7.12. The summed E-state index contributed by atoms with van der Waals surface area (Å²) in [6.07, 6.45) is 1.48. The lowest BCUT2D eigenvalue weighted by molar-refractivity contribution is 0.0948. The van der Waals surface area contributed by atoms with Crippen molar-refractivity contribution in [3.63, 3.8) is 0 Å². The molecule has 116 valence electrons. The Hall–Kier alpha value is -3.15. The SMILES string of the molecule is Cc1ccc(-c2cc(CNC(=O)c3ccc[nH]c3=O)no2)cc1. The molecule has 6 heteroatoms. The largest absolute Gasteiger partial charge is 0.356 e. The van der Waals surface area contributed by atoms with Gasteiger partial charge < -0.3 is 14.8 Å². The predicted molar refractivity (Wildman–Crippen MR) is 84.9 cm³/mol. The van der Waals surface area contributed by atoms with E-state index in [-0.39, 0.29) is 12.1 Å². The zero-order chi connectivity index (χ0) is 16.2. The molecule has 0 saturated carbocycles. The first-order chi connectivity index (χ1) is 11.1. The van der Waals surface area contributed by atoms with Gasteiger partial charge in [0.25, 0.3) is 11.5 Å². The molecule has 2 heterocycles. The second kappa shape index (κ2) is 6.31. The second-order valence-electron chi connectivity index (χ2n) is 5.14. The maximum absolute atomic E-state index is 12.0. The Morgan fingerprint density at radius 1 is 1.26 bits per heavy atom. The summed E-state index contributed by atoms with van der Waals surface area (Å²) in [7, 11) is 0. The molecule has 2 aromatic heterocycles. The normalized spacial score (nSPS) is 10.5. The van der Waals surface area contributed by atoms with Crippen molar-refractivity contribution in [2.75, 3.05) is 0 Å². The average Bonchev–Trinajstić information content (AvgIpc) is 3.03. The number of nitrogens with one attached hydrogen (secondary N) is 2. The van der Waals surface area contributed by atoms with Gasteiger partial charge in [0.2, 0.25) is 0 Å². The third-order valence-corrected chi connectivity index (χ3v) is 3.39. The van der Waals surface area contributed by atoms with E-state index in [0.717, 1.165) is 11.1 Å². The van der Waals surface area contributed by atoms with Crippen molar-refractivity contribution in [2.45, 2.75) is 13.5 Å². The van der Waals surface area contributed by atoms with E-state index in [1.54, 1.807) is 12.1 Å². The van der Waals surface area contributed by atoms with Crippen molar-refractivity contribution in [3.8, 4) is 11.3 Å². The highest BCUT2D eigenvalue weighted by Crippen LogP contribution is 2.20. The Morgan fingerprint density at radius 2 is 2.04 bits per heavy atom. The molecule has 0 spiro atoms. The fourth-order valence-corrected chi connectivity index (χ4v) is 2.12. The van der Waals surface area contributed by atoms with E-state index in [1.807, 2.05) is 31.2 Å². The van der Waals surface area contributed by atoms with Crippen LogP contribution < -0.4 is 10.9 Å². The molecule has 3 aromatic rings. The maximum atomic E-state index is 12.0. The molecule has 0 fully saturated rings. The van der Waals surface area contributed by atoms with Crippen molar-refractivity contribution in [3.05, 3.63) is 75.8 Å². The Bertz CT molecular complexity index is 878. The zero-order valence-corrected chi connectivity index (χ0v) is 12.5. The number of aromatic nitrogens is 2. The number of pyridine rings is 1. The molecule has 0 unspecified atom stereocenters. The van der Waals surface area contributed by atoms with E-state index in [0.29, 0.717) is 11.5 Å². The third-order valence-electron chi connectivity index (χ3n) is 3.39. The number of rotatable bonds is 4. The van der Waals surface area contributed by atoms with Crippen molar-refractivity contribution < 1.29 is 9.32 Å². The number of hydrogen-bond donors (Lipinski definition) is 2. The van der Waals surface area contributed by atoms with Crippen LogP contribution in [0.1, 0.15) is 21.6 Å². The van der Waals surface area contributed by atoms with Crippen LogP contribution in [0, 0.1) is 6.92 Å². The fourth-order valence-electron chi connectivity index (χ4n) is 2.12. The van der Waals surface area contributed by atoms with Gasteiger partial charge in [0, 0.05) is 17.8 Å². The molecule has 6 nitrogen and oxygen atoms in total. The Labute approximate surface area is 132 Å². The molecule has 0 aliphatic carbocycles. The Balaban J connectivity index is 1.68. The summed E-state index contributed by atoms with van der Waals surface area (Å²) in [5, 5.41) is 6.58. The Morgan fingerprint density at radius 3 is 2.78 bits per heavy atom. The van der Waals surface area contributed by atoms with Crippen LogP contribution >= 0.6 is 0 Å². The van der Waals surface area contributed by atoms with Gasteiger partial charge in [-0.3, -0.25) is 9.59 Å². The zero-order valence-electron chi connectivity index (χ0n) is 12.5. The minimum atomic E-state index is -0.452. The Kier molecular flexibility index (Phi) is 4.05. The van der Waals surface area contributed by atoms with Crippen LogP contribution in [-0.4, -0.2) is 16.0 Å². The fraction of sp³-hybridized carbons (Fsp3) is 0.118. The van der Waals surface area contributed by atoms with Crippen LogP contribution in [0.25, 0.3) is 11.3 Å². The van der Waals surface area contributed by atoms with Gasteiger partial charge in [0.05, 0.1) is 6.54 Å². The number of amides is 1. The molecule has 1 aromatic carbocycles. The summed E-state index contributed by atoms with van der Waals surface area (Å²) >= 11 is 0. The van der Waals surface area contributed by atoms with Gasteiger partial charge in [0.15, 0.2) is 5.76 Å². The number of benzene rings is 1. The molecular formula is C17H15N3O3. The summed E-state index contributed by atoms with van der Waals surface area (Å²) in [4.78, 5) is 26.0. The summed E-state index contributed by atoms with van der Waals surface area (Å²) in [5.74, 6) is 0.179. The first-order valence-electron chi connectivity index (χ1n) is 7.12. The summed E-state index contributed by atoms with van der Waals surface area (Å²) < 4.78 is 5.28. The standard InChI is InChI=1S/C17H15N3O3/c1-11-4-6-12(7-5-11)15-9-13(20-23-15)10-19-17(22)14-3-2-8-18-16(14)21/h2-9H,10H2,1H3,(H,18,21)(H,19,22). The predicted octanol–water partition coefficient (Wildman–Crippen LogP) is 2.27. The van der Waals surface area contributed by atoms with Gasteiger partial charge in [-0.15, -0.1) is 0 Å². The van der Waals surface area contributed by atoms with Crippen molar-refractivity contribution in [1.82, 2.24) is 15.5 Å². The molecule has 2 N–H and O–H groups in total. The second-order valence-corrected chi connectivity index (χ2v) is 5.14. The van der Waals surface area contributed by atoms with Crippen LogP contribution in [-0.2, 0) is 6.54 Å². The van der Waals surface area contributed by atoms with Crippen molar-refractivity contribution >= 4 is 5.91 Å². The van der Waals surface area contributed by atoms with Gasteiger partial charge in [0.1, 0.15) is 11.3 Å². The molecule has 1 amide bonds. The molecule has 0 aliphatic rings. The number of carbonyl (C=O) groups is 1. The number of nitrogens with zero attached hydrogens (tertiary/aromatic N) is 1. The lowest BCUT2D eigenvalue weighted by atomic mass is 10.1. The molecular weight excluding hydrogens is 294 g/mol. The van der Waals surface area contributed by atoms with Gasteiger partial charge in [-0.05, 0) is 19.1 Å². The van der Waals surface area contributed by atoms with E-state index in [9.17, 15) is 9.59 Å². The molecule has 3 rings (SSSR count). The van der Waals surface area contributed by atoms with Gasteiger partial charge >= 0.3 is 0 Å². The van der Waals surface area contributed by atoms with E-state index in [1.165, 1.54) is 12.3 Å². The van der Waals surface area contributed by atoms with E-state index in [2.05, 4.69) is 15.5 Å².